The summed E-state index contributed by atoms with van der Waals surface area (Å²) >= 11 is 0. The zero-order valence-corrected chi connectivity index (χ0v) is 13.5. The number of benzene rings is 3. The first-order chi connectivity index (χ1) is 12.7. The molecule has 0 saturated heterocycles. The molecule has 4 rings (SSSR count). The highest BCUT2D eigenvalue weighted by molar-refractivity contribution is 6.11. The second-order valence-corrected chi connectivity index (χ2v) is 6.03. The fraction of sp³-hybridized carbons (Fsp3) is 0.0500. The monoisotopic (exact) mass is 343 g/mol. The third kappa shape index (κ3) is 2.16. The normalized spacial score (nSPS) is 14.4. The van der Waals surface area contributed by atoms with Gasteiger partial charge in [0.25, 0.3) is 0 Å². The van der Waals surface area contributed by atoms with Gasteiger partial charge >= 0.3 is 0 Å². The molecule has 0 spiro atoms. The van der Waals surface area contributed by atoms with Crippen LogP contribution in [0.1, 0.15) is 16.7 Å². The van der Waals surface area contributed by atoms with E-state index in [2.05, 4.69) is 15.7 Å². The van der Waals surface area contributed by atoms with E-state index in [1.54, 1.807) is 48.5 Å². The summed E-state index contributed by atoms with van der Waals surface area (Å²) < 4.78 is 0. The first kappa shape index (κ1) is 15.8. The molecule has 1 amide bonds. The maximum atomic E-state index is 13.2. The van der Waals surface area contributed by atoms with Crippen LogP contribution in [0.2, 0.25) is 0 Å². The van der Waals surface area contributed by atoms with Gasteiger partial charge in [0.15, 0.2) is 0 Å². The Kier molecular flexibility index (Phi) is 3.65. The Balaban J connectivity index is 2.02. The molecule has 1 N–H and O–H groups in total. The lowest BCUT2D eigenvalue weighted by molar-refractivity contribution is -0.118. The lowest BCUT2D eigenvalue weighted by atomic mass is 9.70. The number of nitroso groups, excluding NO2 is 2. The first-order valence-corrected chi connectivity index (χ1v) is 7.99. The Morgan fingerprint density at radius 3 is 1.69 bits per heavy atom. The average Bonchev–Trinajstić information content (AvgIpc) is 3.00. The van der Waals surface area contributed by atoms with E-state index in [0.717, 1.165) is 11.3 Å². The molecule has 0 bridgehead atoms. The number of carbonyl (C=O) groups is 1. The fourth-order valence-electron chi connectivity index (χ4n) is 3.54. The Morgan fingerprint density at radius 1 is 0.692 bits per heavy atom. The van der Waals surface area contributed by atoms with Gasteiger partial charge in [-0.3, -0.25) is 4.79 Å². The molecule has 26 heavy (non-hydrogen) atoms. The average molecular weight is 343 g/mol. The number of carbonyl (C=O) groups excluding carboxylic acids is 1. The fourth-order valence-corrected chi connectivity index (χ4v) is 3.54. The smallest absolute Gasteiger partial charge is 0.244 e. The van der Waals surface area contributed by atoms with E-state index in [0.29, 0.717) is 11.1 Å². The molecule has 3 aromatic rings. The lowest BCUT2D eigenvalue weighted by Crippen LogP contribution is -2.36. The molecule has 1 aliphatic rings. The maximum absolute atomic E-state index is 13.2. The van der Waals surface area contributed by atoms with E-state index < -0.39 is 5.41 Å². The summed E-state index contributed by atoms with van der Waals surface area (Å²) in [6.45, 7) is 0. The molecule has 0 saturated carbocycles. The topological polar surface area (TPSA) is 88.0 Å². The SMILES string of the molecule is O=Nc1ccc(C2(c3ccc(N=O)cc3)C(=O)Nc3ccccc32)cc1. The molecule has 126 valence electrons. The van der Waals surface area contributed by atoms with Gasteiger partial charge in [-0.25, -0.2) is 0 Å². The molecular formula is C20H13N3O3. The molecule has 1 heterocycles. The molecule has 6 heteroatoms. The summed E-state index contributed by atoms with van der Waals surface area (Å²) in [5.41, 5.74) is 2.45. The number of hydrogen-bond acceptors (Lipinski definition) is 5. The third-order valence-electron chi connectivity index (χ3n) is 4.73. The van der Waals surface area contributed by atoms with Crippen molar-refractivity contribution >= 4 is 23.0 Å². The van der Waals surface area contributed by atoms with Gasteiger partial charge in [0.1, 0.15) is 16.8 Å². The summed E-state index contributed by atoms with van der Waals surface area (Å²) in [4.78, 5) is 34.7. The van der Waals surface area contributed by atoms with Gasteiger partial charge in [0.05, 0.1) is 0 Å². The van der Waals surface area contributed by atoms with Crippen molar-refractivity contribution in [3.63, 3.8) is 0 Å². The van der Waals surface area contributed by atoms with E-state index in [9.17, 15) is 14.6 Å². The largest absolute Gasteiger partial charge is 0.324 e. The van der Waals surface area contributed by atoms with Crippen molar-refractivity contribution in [2.75, 3.05) is 5.32 Å². The Hall–Kier alpha value is -3.67. The number of para-hydroxylation sites is 1. The van der Waals surface area contributed by atoms with E-state index in [1.807, 2.05) is 24.3 Å². The van der Waals surface area contributed by atoms with Gasteiger partial charge in [-0.05, 0) is 51.8 Å². The zero-order chi connectivity index (χ0) is 18.1. The summed E-state index contributed by atoms with van der Waals surface area (Å²) in [5.74, 6) is -0.197. The van der Waals surface area contributed by atoms with Crippen molar-refractivity contribution < 1.29 is 4.79 Å². The minimum Gasteiger partial charge on any atom is -0.324 e. The quantitative estimate of drug-likeness (QED) is 0.692. The molecule has 0 atom stereocenters. The van der Waals surface area contributed by atoms with Crippen LogP contribution in [0.25, 0.3) is 0 Å². The number of rotatable bonds is 4. The highest BCUT2D eigenvalue weighted by Gasteiger charge is 2.49. The molecule has 0 unspecified atom stereocenters. The van der Waals surface area contributed by atoms with Crippen LogP contribution in [0.3, 0.4) is 0 Å². The van der Waals surface area contributed by atoms with E-state index in [-0.39, 0.29) is 17.3 Å². The lowest BCUT2D eigenvalue weighted by Gasteiger charge is -2.29. The van der Waals surface area contributed by atoms with Crippen LogP contribution in [0, 0.1) is 9.81 Å². The van der Waals surface area contributed by atoms with Crippen molar-refractivity contribution in [1.29, 1.82) is 0 Å². The van der Waals surface area contributed by atoms with Gasteiger partial charge in [-0.15, -0.1) is 9.81 Å². The van der Waals surface area contributed by atoms with Gasteiger partial charge in [0, 0.05) is 11.3 Å². The van der Waals surface area contributed by atoms with Crippen molar-refractivity contribution in [3.8, 4) is 0 Å². The number of fused-ring (bicyclic) bond motifs is 1. The van der Waals surface area contributed by atoms with E-state index in [1.165, 1.54) is 0 Å². The predicted octanol–water partition coefficient (Wildman–Crippen LogP) is 4.77. The maximum Gasteiger partial charge on any atom is 0.244 e. The van der Waals surface area contributed by atoms with E-state index in [4.69, 9.17) is 0 Å². The van der Waals surface area contributed by atoms with Crippen molar-refractivity contribution in [3.05, 3.63) is 99.3 Å². The van der Waals surface area contributed by atoms with Crippen molar-refractivity contribution in [2.45, 2.75) is 5.41 Å². The van der Waals surface area contributed by atoms with E-state index >= 15 is 0 Å². The molecule has 0 radical (unpaired) electrons. The molecular weight excluding hydrogens is 330 g/mol. The van der Waals surface area contributed by atoms with Crippen LogP contribution in [0.15, 0.2) is 83.2 Å². The van der Waals surface area contributed by atoms with Gasteiger partial charge in [0.2, 0.25) is 5.91 Å². The third-order valence-corrected chi connectivity index (χ3v) is 4.73. The molecule has 1 aliphatic heterocycles. The number of nitrogens with zero attached hydrogens (tertiary/aromatic N) is 2. The highest BCUT2D eigenvalue weighted by atomic mass is 16.3. The molecule has 0 fully saturated rings. The second-order valence-electron chi connectivity index (χ2n) is 6.03. The van der Waals surface area contributed by atoms with Crippen LogP contribution < -0.4 is 5.32 Å². The molecule has 3 aromatic carbocycles. The number of nitrogens with one attached hydrogen (secondary N) is 1. The summed E-state index contributed by atoms with van der Waals surface area (Å²) in [6.07, 6.45) is 0. The number of amides is 1. The minimum atomic E-state index is -1.08. The summed E-state index contributed by atoms with van der Waals surface area (Å²) in [6, 6.07) is 20.7. The Labute approximate surface area is 148 Å². The molecule has 0 aliphatic carbocycles. The van der Waals surface area contributed by atoms with Crippen LogP contribution in [0.5, 0.6) is 0 Å². The van der Waals surface area contributed by atoms with Crippen molar-refractivity contribution in [2.24, 2.45) is 10.4 Å². The highest BCUT2D eigenvalue weighted by Crippen LogP contribution is 2.48. The number of anilines is 1. The molecule has 0 aromatic heterocycles. The Bertz CT molecular complexity index is 960. The van der Waals surface area contributed by atoms with Crippen LogP contribution in [0.4, 0.5) is 17.1 Å². The first-order valence-electron chi connectivity index (χ1n) is 7.99. The minimum absolute atomic E-state index is 0.197. The number of hydrogen-bond donors (Lipinski definition) is 1. The van der Waals surface area contributed by atoms with Crippen LogP contribution in [-0.4, -0.2) is 5.91 Å². The van der Waals surface area contributed by atoms with Crippen LogP contribution >= 0.6 is 0 Å². The van der Waals surface area contributed by atoms with Gasteiger partial charge in [-0.1, -0.05) is 42.5 Å². The standard InChI is InChI=1S/C20H13N3O3/c24-19-20(13-5-9-15(22-25)10-6-13,14-7-11-16(23-26)12-8-14)17-3-1-2-4-18(17)21-19/h1-12H,(H,21,24). The van der Waals surface area contributed by atoms with Crippen LogP contribution in [-0.2, 0) is 10.2 Å². The summed E-state index contributed by atoms with van der Waals surface area (Å²) in [7, 11) is 0. The summed E-state index contributed by atoms with van der Waals surface area (Å²) in [5, 5.41) is 8.78. The van der Waals surface area contributed by atoms with Gasteiger partial charge < -0.3 is 5.32 Å². The predicted molar refractivity (Wildman–Crippen MR) is 98.7 cm³/mol. The Morgan fingerprint density at radius 2 is 1.19 bits per heavy atom. The molecule has 6 nitrogen and oxygen atoms in total. The zero-order valence-electron chi connectivity index (χ0n) is 13.5. The second kappa shape index (κ2) is 6.00. The van der Waals surface area contributed by atoms with Gasteiger partial charge in [-0.2, -0.15) is 0 Å². The van der Waals surface area contributed by atoms with Crippen molar-refractivity contribution in [1.82, 2.24) is 0 Å².